The van der Waals surface area contributed by atoms with E-state index in [1.165, 1.54) is 12.1 Å². The molecule has 2 heterocycles. The first-order valence-corrected chi connectivity index (χ1v) is 9.65. The molecule has 2 aliphatic heterocycles. The topological polar surface area (TPSA) is 37.4 Å². The molecule has 1 aromatic carbocycles. The fraction of sp³-hybridized carbons (Fsp3) is 0.625. The van der Waals surface area contributed by atoms with E-state index in [0.717, 1.165) is 25.1 Å². The fourth-order valence-corrected chi connectivity index (χ4v) is 5.94. The molecule has 24 heavy (non-hydrogen) atoms. The van der Waals surface area contributed by atoms with E-state index < -0.39 is 27.7 Å². The first kappa shape index (κ1) is 17.7. The molecule has 2 aliphatic rings. The van der Waals surface area contributed by atoms with E-state index in [2.05, 4.69) is 0 Å². The van der Waals surface area contributed by atoms with Gasteiger partial charge in [-0.05, 0) is 37.1 Å². The summed E-state index contributed by atoms with van der Waals surface area (Å²) in [4.78, 5) is 2.05. The summed E-state index contributed by atoms with van der Waals surface area (Å²) in [6, 6.07) is 4.15. The van der Waals surface area contributed by atoms with Gasteiger partial charge >= 0.3 is 6.18 Å². The van der Waals surface area contributed by atoms with Crippen LogP contribution in [0, 0.1) is 5.41 Å². The van der Waals surface area contributed by atoms with Crippen molar-refractivity contribution in [3.8, 4) is 0 Å². The van der Waals surface area contributed by atoms with Crippen LogP contribution in [0.15, 0.2) is 24.3 Å². The molecule has 8 heteroatoms. The zero-order valence-electron chi connectivity index (χ0n) is 13.0. The summed E-state index contributed by atoms with van der Waals surface area (Å²) < 4.78 is 74.4. The van der Waals surface area contributed by atoms with Crippen LogP contribution in [0.25, 0.3) is 0 Å². The van der Waals surface area contributed by atoms with Gasteiger partial charge in [0.1, 0.15) is 6.17 Å². The second-order valence-electron chi connectivity index (χ2n) is 6.93. The Balaban J connectivity index is 1.50. The average Bonchev–Trinajstić information content (AvgIpc) is 2.86. The second kappa shape index (κ2) is 5.98. The van der Waals surface area contributed by atoms with Gasteiger partial charge in [-0.15, -0.1) is 0 Å². The molecule has 0 amide bonds. The first-order chi connectivity index (χ1) is 11.1. The van der Waals surface area contributed by atoms with Crippen molar-refractivity contribution >= 4 is 9.84 Å². The predicted molar refractivity (Wildman–Crippen MR) is 82.1 cm³/mol. The lowest BCUT2D eigenvalue weighted by Gasteiger charge is -2.37. The maximum Gasteiger partial charge on any atom is 0.416 e. The summed E-state index contributed by atoms with van der Waals surface area (Å²) in [5.41, 5.74) is -0.701. The molecule has 134 valence electrons. The van der Waals surface area contributed by atoms with Gasteiger partial charge in [0.15, 0.2) is 9.84 Å². The van der Waals surface area contributed by atoms with Gasteiger partial charge < -0.3 is 4.90 Å². The molecular formula is C16H19F4NO2S. The Morgan fingerprint density at radius 3 is 2.33 bits per heavy atom. The molecule has 0 N–H and O–H groups in total. The molecular weight excluding hydrogens is 346 g/mol. The normalized spacial score (nSPS) is 24.0. The monoisotopic (exact) mass is 365 g/mol. The van der Waals surface area contributed by atoms with E-state index in [1.54, 1.807) is 0 Å². The van der Waals surface area contributed by atoms with E-state index >= 15 is 0 Å². The SMILES string of the molecule is O=S1(=O)CC2(CCN(CC[C@H](F)c3ccc(C(F)(F)F)cc3)C2)C1. The molecule has 0 aliphatic carbocycles. The zero-order chi connectivity index (χ0) is 17.6. The number of nitrogens with zero attached hydrogens (tertiary/aromatic N) is 1. The van der Waals surface area contributed by atoms with Crippen LogP contribution in [-0.4, -0.2) is 44.5 Å². The Hall–Kier alpha value is -1.15. The second-order valence-corrected chi connectivity index (χ2v) is 9.00. The number of alkyl halides is 4. The average molecular weight is 365 g/mol. The highest BCUT2D eigenvalue weighted by Gasteiger charge is 2.51. The molecule has 0 saturated carbocycles. The summed E-state index contributed by atoms with van der Waals surface area (Å²) in [6.45, 7) is 1.88. The minimum atomic E-state index is -4.42. The van der Waals surface area contributed by atoms with Crippen molar-refractivity contribution in [2.75, 3.05) is 31.1 Å². The maximum absolute atomic E-state index is 14.2. The van der Waals surface area contributed by atoms with Crippen molar-refractivity contribution in [3.05, 3.63) is 35.4 Å². The number of sulfone groups is 1. The smallest absolute Gasteiger partial charge is 0.303 e. The standard InChI is InChI=1S/C16H19F4NO2S/c17-14(12-1-3-13(4-2-12)16(18,19)20)5-7-21-8-6-15(9-21)10-24(22,23)11-15/h1-4,14H,5-11H2/t14-/m0/s1. The lowest BCUT2D eigenvalue weighted by molar-refractivity contribution is -0.137. The van der Waals surface area contributed by atoms with Gasteiger partial charge in [0.25, 0.3) is 0 Å². The highest BCUT2D eigenvalue weighted by atomic mass is 32.2. The number of halogens is 4. The highest BCUT2D eigenvalue weighted by molar-refractivity contribution is 7.92. The molecule has 0 radical (unpaired) electrons. The number of hydrogen-bond acceptors (Lipinski definition) is 3. The third-order valence-electron chi connectivity index (χ3n) is 4.87. The van der Waals surface area contributed by atoms with Crippen molar-refractivity contribution < 1.29 is 26.0 Å². The van der Waals surface area contributed by atoms with Crippen molar-refractivity contribution in [3.63, 3.8) is 0 Å². The van der Waals surface area contributed by atoms with Crippen molar-refractivity contribution in [2.45, 2.75) is 25.2 Å². The Kier molecular flexibility index (Phi) is 4.40. The first-order valence-electron chi connectivity index (χ1n) is 7.83. The van der Waals surface area contributed by atoms with Gasteiger partial charge in [0.2, 0.25) is 0 Å². The maximum atomic E-state index is 14.2. The van der Waals surface area contributed by atoms with E-state index in [0.29, 0.717) is 13.1 Å². The number of hydrogen-bond donors (Lipinski definition) is 0. The third-order valence-corrected chi connectivity index (χ3v) is 6.97. The lowest BCUT2D eigenvalue weighted by atomic mass is 9.91. The predicted octanol–water partition coefficient (Wildman–Crippen LogP) is 3.23. The molecule has 0 aromatic heterocycles. The summed E-state index contributed by atoms with van der Waals surface area (Å²) in [5.74, 6) is 0.433. The minimum Gasteiger partial charge on any atom is -0.303 e. The molecule has 1 atom stereocenters. The molecule has 0 unspecified atom stereocenters. The van der Waals surface area contributed by atoms with E-state index in [9.17, 15) is 26.0 Å². The summed E-state index contributed by atoms with van der Waals surface area (Å²) in [6.07, 6.45) is -4.75. The van der Waals surface area contributed by atoms with E-state index in [-0.39, 0.29) is 28.9 Å². The molecule has 2 fully saturated rings. The van der Waals surface area contributed by atoms with Crippen LogP contribution < -0.4 is 0 Å². The highest BCUT2D eigenvalue weighted by Crippen LogP contribution is 2.41. The van der Waals surface area contributed by atoms with Crippen LogP contribution in [-0.2, 0) is 16.0 Å². The molecule has 3 nitrogen and oxygen atoms in total. The Morgan fingerprint density at radius 1 is 1.17 bits per heavy atom. The van der Waals surface area contributed by atoms with Crippen molar-refractivity contribution in [1.82, 2.24) is 4.90 Å². The van der Waals surface area contributed by atoms with Gasteiger partial charge in [-0.1, -0.05) is 12.1 Å². The zero-order valence-corrected chi connectivity index (χ0v) is 13.8. The van der Waals surface area contributed by atoms with Crippen LogP contribution >= 0.6 is 0 Å². The number of benzene rings is 1. The largest absolute Gasteiger partial charge is 0.416 e. The Labute approximate surface area is 138 Å². The number of rotatable bonds is 4. The van der Waals surface area contributed by atoms with Crippen LogP contribution in [0.3, 0.4) is 0 Å². The van der Waals surface area contributed by atoms with Crippen LogP contribution in [0.5, 0.6) is 0 Å². The number of likely N-dealkylation sites (tertiary alicyclic amines) is 1. The van der Waals surface area contributed by atoms with Gasteiger partial charge in [-0.25, -0.2) is 12.8 Å². The summed E-state index contributed by atoms with van der Waals surface area (Å²) >= 11 is 0. The van der Waals surface area contributed by atoms with Crippen LogP contribution in [0.1, 0.15) is 30.1 Å². The molecule has 2 saturated heterocycles. The molecule has 1 aromatic rings. The fourth-order valence-electron chi connectivity index (χ4n) is 3.69. The Bertz CT molecular complexity index is 688. The van der Waals surface area contributed by atoms with Crippen molar-refractivity contribution in [2.24, 2.45) is 5.41 Å². The van der Waals surface area contributed by atoms with Crippen LogP contribution in [0.2, 0.25) is 0 Å². The Morgan fingerprint density at radius 2 is 1.79 bits per heavy atom. The molecule has 3 rings (SSSR count). The quantitative estimate of drug-likeness (QED) is 0.769. The van der Waals surface area contributed by atoms with E-state index in [4.69, 9.17) is 0 Å². The molecule has 0 bridgehead atoms. The summed E-state index contributed by atoms with van der Waals surface area (Å²) in [7, 11) is -2.88. The van der Waals surface area contributed by atoms with Gasteiger partial charge in [0, 0.05) is 18.5 Å². The summed E-state index contributed by atoms with van der Waals surface area (Å²) in [5, 5.41) is 0. The van der Waals surface area contributed by atoms with Gasteiger partial charge in [0.05, 0.1) is 17.1 Å². The third kappa shape index (κ3) is 3.74. The van der Waals surface area contributed by atoms with Crippen LogP contribution in [0.4, 0.5) is 17.6 Å². The van der Waals surface area contributed by atoms with Gasteiger partial charge in [-0.2, -0.15) is 13.2 Å². The lowest BCUT2D eigenvalue weighted by Crippen LogP contribution is -2.50. The van der Waals surface area contributed by atoms with Gasteiger partial charge in [-0.3, -0.25) is 0 Å². The minimum absolute atomic E-state index is 0.154. The molecule has 1 spiro atoms. The van der Waals surface area contributed by atoms with Crippen molar-refractivity contribution in [1.29, 1.82) is 0 Å². The van der Waals surface area contributed by atoms with E-state index in [1.807, 2.05) is 4.90 Å².